The van der Waals surface area contributed by atoms with Gasteiger partial charge in [0.05, 0.1) is 0 Å². The first-order valence-electron chi connectivity index (χ1n) is 13.1. The molecule has 3 aromatic carbocycles. The molecule has 0 spiro atoms. The van der Waals surface area contributed by atoms with Gasteiger partial charge in [0.25, 0.3) is 5.91 Å². The third-order valence-electron chi connectivity index (χ3n) is 6.34. The number of amides is 2. The van der Waals surface area contributed by atoms with Crippen molar-refractivity contribution in [2.75, 3.05) is 13.2 Å². The van der Waals surface area contributed by atoms with E-state index in [-0.39, 0.29) is 36.3 Å². The van der Waals surface area contributed by atoms with Crippen molar-refractivity contribution >= 4 is 23.4 Å². The molecule has 0 fully saturated rings. The number of benzene rings is 3. The largest absolute Gasteiger partial charge is 0.484 e. The Kier molecular flexibility index (Phi) is 10.4. The van der Waals surface area contributed by atoms with E-state index in [1.807, 2.05) is 86.6 Å². The first-order chi connectivity index (χ1) is 18.0. The molecule has 2 amide bonds. The molecule has 1 unspecified atom stereocenters. The summed E-state index contributed by atoms with van der Waals surface area (Å²) in [6.45, 7) is 11.0. The summed E-state index contributed by atoms with van der Waals surface area (Å²) in [4.78, 5) is 28.8. The van der Waals surface area contributed by atoms with Crippen LogP contribution >= 0.6 is 11.6 Å². The lowest BCUT2D eigenvalue weighted by Gasteiger charge is -2.32. The molecule has 1 atom stereocenters. The highest BCUT2D eigenvalue weighted by atomic mass is 35.5. The van der Waals surface area contributed by atoms with Crippen LogP contribution in [0.25, 0.3) is 0 Å². The minimum absolute atomic E-state index is 0.0219. The average molecular weight is 535 g/mol. The van der Waals surface area contributed by atoms with Crippen molar-refractivity contribution in [2.24, 2.45) is 5.92 Å². The van der Waals surface area contributed by atoms with E-state index in [9.17, 15) is 9.59 Å². The van der Waals surface area contributed by atoms with E-state index >= 15 is 0 Å². The van der Waals surface area contributed by atoms with Crippen LogP contribution in [-0.2, 0) is 28.0 Å². The van der Waals surface area contributed by atoms with E-state index in [1.165, 1.54) is 5.56 Å². The van der Waals surface area contributed by atoms with Crippen molar-refractivity contribution in [1.29, 1.82) is 0 Å². The maximum atomic E-state index is 13.7. The fourth-order valence-electron chi connectivity index (χ4n) is 4.07. The number of nitrogens with zero attached hydrogens (tertiary/aromatic N) is 1. The molecule has 0 radical (unpaired) electrons. The van der Waals surface area contributed by atoms with Gasteiger partial charge in [-0.3, -0.25) is 9.59 Å². The molecule has 1 N–H and O–H groups in total. The molecular weight excluding hydrogens is 496 g/mol. The number of hydrogen-bond donors (Lipinski definition) is 1. The minimum atomic E-state index is -0.730. The molecule has 0 aromatic heterocycles. The summed E-state index contributed by atoms with van der Waals surface area (Å²) >= 11 is 6.47. The highest BCUT2D eigenvalue weighted by Crippen LogP contribution is 2.25. The van der Waals surface area contributed by atoms with E-state index in [0.29, 0.717) is 23.7 Å². The van der Waals surface area contributed by atoms with Crippen LogP contribution in [0.5, 0.6) is 5.75 Å². The number of ether oxygens (including phenoxy) is 1. The second-order valence-electron chi connectivity index (χ2n) is 11.0. The highest BCUT2D eigenvalue weighted by molar-refractivity contribution is 6.31. The van der Waals surface area contributed by atoms with Crippen LogP contribution in [0.1, 0.15) is 51.3 Å². The van der Waals surface area contributed by atoms with Crippen LogP contribution < -0.4 is 10.1 Å². The smallest absolute Gasteiger partial charge is 0.261 e. The van der Waals surface area contributed by atoms with Crippen molar-refractivity contribution in [3.8, 4) is 5.75 Å². The summed E-state index contributed by atoms with van der Waals surface area (Å²) in [5.74, 6) is 0.402. The van der Waals surface area contributed by atoms with Crippen molar-refractivity contribution in [2.45, 2.75) is 59.0 Å². The minimum Gasteiger partial charge on any atom is -0.484 e. The number of hydrogen-bond acceptors (Lipinski definition) is 3. The number of carbonyl (C=O) groups excluding carboxylic acids is 2. The zero-order chi connectivity index (χ0) is 27.7. The summed E-state index contributed by atoms with van der Waals surface area (Å²) in [5.41, 5.74) is 2.94. The predicted octanol–water partition coefficient (Wildman–Crippen LogP) is 6.43. The molecular formula is C32H39ClN2O3. The Bertz CT molecular complexity index is 1190. The van der Waals surface area contributed by atoms with Crippen molar-refractivity contribution < 1.29 is 14.3 Å². The van der Waals surface area contributed by atoms with Crippen molar-refractivity contribution in [1.82, 2.24) is 10.2 Å². The van der Waals surface area contributed by atoms with Gasteiger partial charge < -0.3 is 15.0 Å². The molecule has 0 saturated carbocycles. The number of nitrogens with one attached hydrogen (secondary N) is 1. The topological polar surface area (TPSA) is 58.6 Å². The molecule has 0 bridgehead atoms. The lowest BCUT2D eigenvalue weighted by Crippen LogP contribution is -2.52. The Labute approximate surface area is 232 Å². The molecule has 0 aliphatic rings. The fourth-order valence-corrected chi connectivity index (χ4v) is 4.26. The molecule has 3 rings (SSSR count). The van der Waals surface area contributed by atoms with Gasteiger partial charge in [-0.05, 0) is 46.2 Å². The van der Waals surface area contributed by atoms with E-state index in [4.69, 9.17) is 16.3 Å². The Morgan fingerprint density at radius 3 is 2.16 bits per heavy atom. The first-order valence-corrected chi connectivity index (χ1v) is 13.5. The Balaban J connectivity index is 1.88. The van der Waals surface area contributed by atoms with E-state index < -0.39 is 6.04 Å². The van der Waals surface area contributed by atoms with Gasteiger partial charge in [-0.15, -0.1) is 0 Å². The number of halogens is 1. The zero-order valence-corrected chi connectivity index (χ0v) is 23.8. The van der Waals surface area contributed by atoms with E-state index in [0.717, 1.165) is 11.1 Å². The summed E-state index contributed by atoms with van der Waals surface area (Å²) < 4.78 is 5.91. The van der Waals surface area contributed by atoms with Crippen LogP contribution in [0.3, 0.4) is 0 Å². The summed E-state index contributed by atoms with van der Waals surface area (Å²) in [7, 11) is 0. The summed E-state index contributed by atoms with van der Waals surface area (Å²) in [6.07, 6.45) is 0.376. The first kappa shape index (κ1) is 29.2. The van der Waals surface area contributed by atoms with Crippen LogP contribution in [0.2, 0.25) is 5.02 Å². The summed E-state index contributed by atoms with van der Waals surface area (Å²) in [6, 6.07) is 24.2. The van der Waals surface area contributed by atoms with Crippen LogP contribution in [-0.4, -0.2) is 35.9 Å². The van der Waals surface area contributed by atoms with Gasteiger partial charge in [0.1, 0.15) is 11.8 Å². The molecule has 0 aliphatic heterocycles. The molecule has 3 aromatic rings. The molecule has 202 valence electrons. The number of rotatable bonds is 11. The molecule has 0 heterocycles. The number of carbonyl (C=O) groups is 2. The lowest BCUT2D eigenvalue weighted by molar-refractivity contribution is -0.142. The lowest BCUT2D eigenvalue weighted by atomic mass is 9.87. The Morgan fingerprint density at radius 2 is 1.55 bits per heavy atom. The zero-order valence-electron chi connectivity index (χ0n) is 23.0. The molecule has 6 heteroatoms. The van der Waals surface area contributed by atoms with E-state index in [2.05, 4.69) is 26.1 Å². The van der Waals surface area contributed by atoms with Crippen LogP contribution in [0.4, 0.5) is 0 Å². The Hall–Kier alpha value is -3.31. The maximum Gasteiger partial charge on any atom is 0.261 e. The molecule has 0 aliphatic carbocycles. The van der Waals surface area contributed by atoms with Gasteiger partial charge in [-0.2, -0.15) is 0 Å². The van der Waals surface area contributed by atoms with Crippen LogP contribution in [0, 0.1) is 5.92 Å². The van der Waals surface area contributed by atoms with Gasteiger partial charge in [-0.1, -0.05) is 107 Å². The van der Waals surface area contributed by atoms with E-state index in [1.54, 1.807) is 11.0 Å². The molecule has 0 saturated heterocycles. The van der Waals surface area contributed by atoms with Gasteiger partial charge >= 0.3 is 0 Å². The van der Waals surface area contributed by atoms with Gasteiger partial charge in [-0.25, -0.2) is 0 Å². The average Bonchev–Trinajstić information content (AvgIpc) is 2.89. The molecule has 38 heavy (non-hydrogen) atoms. The standard InChI is InChI=1S/C32H39ClN2O3/c1-23(2)20-34-31(37)29(19-24-11-7-6-8-12-24)35(21-25-13-9-10-14-28(25)33)30(36)22-38-27-17-15-26(16-18-27)32(3,4)5/h6-18,23,29H,19-22H2,1-5H3,(H,34,37). The third kappa shape index (κ3) is 8.63. The third-order valence-corrected chi connectivity index (χ3v) is 6.71. The highest BCUT2D eigenvalue weighted by Gasteiger charge is 2.31. The van der Waals surface area contributed by atoms with Crippen molar-refractivity contribution in [3.63, 3.8) is 0 Å². The monoisotopic (exact) mass is 534 g/mol. The normalized spacial score (nSPS) is 12.2. The Morgan fingerprint density at radius 1 is 0.921 bits per heavy atom. The fraction of sp³-hybridized carbons (Fsp3) is 0.375. The van der Waals surface area contributed by atoms with Crippen LogP contribution in [0.15, 0.2) is 78.9 Å². The molecule has 5 nitrogen and oxygen atoms in total. The SMILES string of the molecule is CC(C)CNC(=O)C(Cc1ccccc1)N(Cc1ccccc1Cl)C(=O)COc1ccc(C(C)(C)C)cc1. The van der Waals surface area contributed by atoms with Gasteiger partial charge in [0, 0.05) is 24.5 Å². The van der Waals surface area contributed by atoms with Gasteiger partial charge in [0.2, 0.25) is 5.91 Å². The van der Waals surface area contributed by atoms with Gasteiger partial charge in [0.15, 0.2) is 6.61 Å². The second-order valence-corrected chi connectivity index (χ2v) is 11.4. The summed E-state index contributed by atoms with van der Waals surface area (Å²) in [5, 5.41) is 3.57. The quantitative estimate of drug-likeness (QED) is 0.308. The maximum absolute atomic E-state index is 13.7. The van der Waals surface area contributed by atoms with Crippen molar-refractivity contribution in [3.05, 3.63) is 101 Å². The second kappa shape index (κ2) is 13.5. The predicted molar refractivity (Wildman–Crippen MR) is 154 cm³/mol.